The van der Waals surface area contributed by atoms with Gasteiger partial charge in [-0.25, -0.2) is 4.98 Å². The van der Waals surface area contributed by atoms with Crippen LogP contribution in [0, 0.1) is 0 Å². The molecule has 220 valence electrons. The maximum atomic E-state index is 13.2. The van der Waals surface area contributed by atoms with Gasteiger partial charge >= 0.3 is 12.0 Å². The Labute approximate surface area is 232 Å². The fraction of sp³-hybridized carbons (Fsp3) is 0.593. The first-order chi connectivity index (χ1) is 19.0. The van der Waals surface area contributed by atoms with E-state index in [-0.39, 0.29) is 35.8 Å². The number of hydrogen-bond acceptors (Lipinski definition) is 8. The summed E-state index contributed by atoms with van der Waals surface area (Å²) in [6.07, 6.45) is 1.69. The first-order valence-electron chi connectivity index (χ1n) is 13.5. The number of halogens is 3. The zero-order chi connectivity index (χ0) is 29.3. The molecule has 10 nitrogen and oxygen atoms in total. The van der Waals surface area contributed by atoms with E-state index in [0.29, 0.717) is 19.4 Å². The second-order valence-corrected chi connectivity index (χ2v) is 10.3. The number of amides is 1. The molecule has 2 aromatic rings. The average molecular weight is 567 g/mol. The van der Waals surface area contributed by atoms with E-state index in [1.165, 1.54) is 16.5 Å². The number of pyridine rings is 1. The number of carbonyl (C=O) groups is 2. The minimum atomic E-state index is -4.88. The van der Waals surface area contributed by atoms with Crippen LogP contribution in [0.3, 0.4) is 0 Å². The standard InChI is InChI=1S/C27H38F3N7O3/c1-4-26(19-38,34-22-12-15-32-25(37(22)40)27(28,29)30)13-17-36(18-23(39)35(2)3)16-6-5-9-21-11-10-20-8-7-14-31-24(20)33-21/h10-12,15,19,40H,4-9,13-14,16-18H2,1-3H3,(H,31,33)/p+1. The number of aryl methyl sites for hydroxylation is 2. The second-order valence-electron chi connectivity index (χ2n) is 10.3. The third-order valence-corrected chi connectivity index (χ3v) is 7.19. The van der Waals surface area contributed by atoms with Gasteiger partial charge in [0.2, 0.25) is 5.91 Å². The minimum Gasteiger partial charge on any atom is -0.371 e. The van der Waals surface area contributed by atoms with Gasteiger partial charge in [-0.1, -0.05) is 13.0 Å². The predicted octanol–water partition coefficient (Wildman–Crippen LogP) is 2.94. The third-order valence-electron chi connectivity index (χ3n) is 7.19. The maximum Gasteiger partial charge on any atom is 0.485 e. The van der Waals surface area contributed by atoms with Crippen molar-refractivity contribution >= 4 is 23.8 Å². The molecule has 0 saturated heterocycles. The number of nitrogens with zero attached hydrogens (tertiary/aromatic N) is 5. The fourth-order valence-electron chi connectivity index (χ4n) is 4.57. The molecule has 3 heterocycles. The van der Waals surface area contributed by atoms with Gasteiger partial charge in [-0.15, -0.1) is 4.98 Å². The molecule has 40 heavy (non-hydrogen) atoms. The van der Waals surface area contributed by atoms with Gasteiger partial charge in [0.1, 0.15) is 17.6 Å². The second kappa shape index (κ2) is 13.7. The van der Waals surface area contributed by atoms with E-state index in [1.54, 1.807) is 21.0 Å². The molecule has 1 aliphatic rings. The van der Waals surface area contributed by atoms with Crippen molar-refractivity contribution in [1.82, 2.24) is 19.8 Å². The zero-order valence-corrected chi connectivity index (χ0v) is 23.3. The average Bonchev–Trinajstić information content (AvgIpc) is 2.93. The van der Waals surface area contributed by atoms with E-state index < -0.39 is 17.5 Å². The highest BCUT2D eigenvalue weighted by Crippen LogP contribution is 2.26. The van der Waals surface area contributed by atoms with Gasteiger partial charge in [-0.05, 0) is 61.4 Å². The van der Waals surface area contributed by atoms with Crippen LogP contribution in [-0.4, -0.2) is 83.0 Å². The Morgan fingerprint density at radius 3 is 2.67 bits per heavy atom. The van der Waals surface area contributed by atoms with Crippen LogP contribution in [-0.2, 0) is 28.6 Å². The van der Waals surface area contributed by atoms with Crippen LogP contribution in [0.4, 0.5) is 24.8 Å². The highest BCUT2D eigenvalue weighted by atomic mass is 19.4. The van der Waals surface area contributed by atoms with Crippen LogP contribution in [0.2, 0.25) is 0 Å². The molecular weight excluding hydrogens is 527 g/mol. The number of hydrogen-bond donors (Lipinski definition) is 3. The molecule has 0 aliphatic carbocycles. The number of anilines is 2. The van der Waals surface area contributed by atoms with Crippen molar-refractivity contribution < 1.29 is 32.7 Å². The summed E-state index contributed by atoms with van der Waals surface area (Å²) in [7, 11) is 3.34. The molecule has 0 radical (unpaired) electrons. The summed E-state index contributed by atoms with van der Waals surface area (Å²) in [5.74, 6) is -0.948. The Morgan fingerprint density at radius 2 is 2.00 bits per heavy atom. The van der Waals surface area contributed by atoms with Crippen LogP contribution in [0.25, 0.3) is 0 Å². The Kier molecular flexibility index (Phi) is 10.7. The summed E-state index contributed by atoms with van der Waals surface area (Å²) in [6, 6.07) is 5.35. The molecule has 0 spiro atoms. The molecular formula is C27H39F3N7O3+. The van der Waals surface area contributed by atoms with E-state index in [4.69, 9.17) is 4.98 Å². The molecule has 1 amide bonds. The van der Waals surface area contributed by atoms with Crippen LogP contribution in [0.15, 0.2) is 24.4 Å². The van der Waals surface area contributed by atoms with Crippen molar-refractivity contribution in [1.29, 1.82) is 0 Å². The minimum absolute atomic E-state index is 0.0918. The number of aldehydes is 1. The maximum absolute atomic E-state index is 13.2. The molecule has 3 N–H and O–H groups in total. The normalized spacial score (nSPS) is 14.7. The van der Waals surface area contributed by atoms with E-state index in [0.717, 1.165) is 56.4 Å². The monoisotopic (exact) mass is 566 g/mol. The molecule has 3 rings (SSSR count). The summed E-state index contributed by atoms with van der Waals surface area (Å²) in [5.41, 5.74) is 0.973. The molecule has 0 fully saturated rings. The quantitative estimate of drug-likeness (QED) is 0.138. The molecule has 13 heteroatoms. The van der Waals surface area contributed by atoms with Crippen molar-refractivity contribution in [3.8, 4) is 0 Å². The van der Waals surface area contributed by atoms with Gasteiger partial charge in [0.25, 0.3) is 5.82 Å². The molecule has 1 atom stereocenters. The Bertz CT molecular complexity index is 1160. The first kappa shape index (κ1) is 31.1. The number of alkyl halides is 3. The van der Waals surface area contributed by atoms with E-state index in [2.05, 4.69) is 27.8 Å². The summed E-state index contributed by atoms with van der Waals surface area (Å²) < 4.78 is 39.5. The lowest BCUT2D eigenvalue weighted by atomic mass is 9.93. The summed E-state index contributed by atoms with van der Waals surface area (Å²) in [6.45, 7) is 3.72. The number of carbonyl (C=O) groups excluding carboxylic acids is 2. The highest BCUT2D eigenvalue weighted by Gasteiger charge is 2.44. The molecule has 1 unspecified atom stereocenters. The fourth-order valence-corrected chi connectivity index (χ4v) is 4.57. The largest absolute Gasteiger partial charge is 0.485 e. The molecule has 0 aromatic carbocycles. The number of unbranched alkanes of at least 4 members (excludes halogenated alkanes) is 1. The highest BCUT2D eigenvalue weighted by molar-refractivity contribution is 5.77. The Hall–Kier alpha value is -3.48. The lowest BCUT2D eigenvalue weighted by Crippen LogP contribution is -2.50. The summed E-state index contributed by atoms with van der Waals surface area (Å²) in [5, 5.41) is 16.3. The Balaban J connectivity index is 1.64. The summed E-state index contributed by atoms with van der Waals surface area (Å²) in [4.78, 5) is 36.1. The van der Waals surface area contributed by atoms with Crippen LogP contribution in [0.1, 0.15) is 56.1 Å². The number of likely N-dealkylation sites (N-methyl/N-ethyl adjacent to an activating group) is 1. The van der Waals surface area contributed by atoms with Crippen LogP contribution in [0.5, 0.6) is 0 Å². The van der Waals surface area contributed by atoms with Gasteiger partial charge in [0.15, 0.2) is 6.29 Å². The smallest absolute Gasteiger partial charge is 0.371 e. The number of fused-ring (bicyclic) bond motifs is 1. The summed E-state index contributed by atoms with van der Waals surface area (Å²) >= 11 is 0. The third kappa shape index (κ3) is 8.26. The SMILES string of the molecule is CCC(C=O)(CCN(CCCCc1ccc2c(n1)NCCC2)CC(=O)N(C)C)Nc1ccnc(C(F)(F)F)[n+]1O. The molecule has 0 saturated carbocycles. The van der Waals surface area contributed by atoms with Gasteiger partial charge in [-0.3, -0.25) is 19.8 Å². The zero-order valence-electron chi connectivity index (χ0n) is 23.3. The van der Waals surface area contributed by atoms with Gasteiger partial charge in [-0.2, -0.15) is 13.2 Å². The van der Waals surface area contributed by atoms with Gasteiger partial charge in [0.05, 0.1) is 6.54 Å². The van der Waals surface area contributed by atoms with Crippen molar-refractivity contribution in [3.63, 3.8) is 0 Å². The predicted molar refractivity (Wildman–Crippen MR) is 143 cm³/mol. The lowest BCUT2D eigenvalue weighted by molar-refractivity contribution is -0.906. The van der Waals surface area contributed by atoms with E-state index in [9.17, 15) is 28.0 Å². The van der Waals surface area contributed by atoms with E-state index in [1.807, 2.05) is 4.90 Å². The lowest BCUT2D eigenvalue weighted by Gasteiger charge is -2.30. The van der Waals surface area contributed by atoms with Crippen molar-refractivity contribution in [2.45, 2.75) is 63.6 Å². The number of nitrogens with one attached hydrogen (secondary N) is 2. The van der Waals surface area contributed by atoms with E-state index >= 15 is 0 Å². The molecule has 2 aromatic heterocycles. The number of rotatable bonds is 14. The Morgan fingerprint density at radius 1 is 1.23 bits per heavy atom. The topological polar surface area (TPSA) is 115 Å². The van der Waals surface area contributed by atoms with Gasteiger partial charge < -0.3 is 15.4 Å². The first-order valence-corrected chi connectivity index (χ1v) is 13.5. The van der Waals surface area contributed by atoms with Crippen LogP contribution >= 0.6 is 0 Å². The van der Waals surface area contributed by atoms with Crippen molar-refractivity contribution in [3.05, 3.63) is 41.5 Å². The van der Waals surface area contributed by atoms with Crippen molar-refractivity contribution in [2.24, 2.45) is 0 Å². The number of aromatic nitrogens is 3. The van der Waals surface area contributed by atoms with Crippen molar-refractivity contribution in [2.75, 3.05) is 50.9 Å². The van der Waals surface area contributed by atoms with Gasteiger partial charge in [0, 0.05) is 45.4 Å². The molecule has 0 bridgehead atoms. The van der Waals surface area contributed by atoms with Crippen LogP contribution < -0.4 is 15.4 Å². The molecule has 1 aliphatic heterocycles.